The molecular weight excluding hydrogens is 266 g/mol. The third-order valence-electron chi connectivity index (χ3n) is 3.75. The lowest BCUT2D eigenvalue weighted by molar-refractivity contribution is -0.126. The SMILES string of the molecule is CC(C)(CN1CCOC(CN)C1)C(=O)Nc1ccccc1. The zero-order chi connectivity index (χ0) is 15.3. The Kier molecular flexibility index (Phi) is 5.33. The number of amides is 1. The first-order valence-corrected chi connectivity index (χ1v) is 7.42. The molecule has 0 bridgehead atoms. The van der Waals surface area contributed by atoms with Gasteiger partial charge >= 0.3 is 0 Å². The van der Waals surface area contributed by atoms with E-state index in [4.69, 9.17) is 10.5 Å². The van der Waals surface area contributed by atoms with Crippen LogP contribution in [0.5, 0.6) is 0 Å². The summed E-state index contributed by atoms with van der Waals surface area (Å²) in [5.41, 5.74) is 6.03. The molecule has 1 aliphatic heterocycles. The molecule has 1 unspecified atom stereocenters. The van der Waals surface area contributed by atoms with Crippen molar-refractivity contribution in [2.75, 3.05) is 38.1 Å². The van der Waals surface area contributed by atoms with Crippen LogP contribution in [0.1, 0.15) is 13.8 Å². The van der Waals surface area contributed by atoms with E-state index in [1.165, 1.54) is 0 Å². The van der Waals surface area contributed by atoms with Crippen LogP contribution in [-0.2, 0) is 9.53 Å². The molecule has 116 valence electrons. The Labute approximate surface area is 126 Å². The molecular formula is C16H25N3O2. The number of nitrogens with one attached hydrogen (secondary N) is 1. The Balaban J connectivity index is 1.92. The normalized spacial score (nSPS) is 20.2. The van der Waals surface area contributed by atoms with Crippen molar-refractivity contribution in [3.63, 3.8) is 0 Å². The van der Waals surface area contributed by atoms with Crippen LogP contribution in [0.3, 0.4) is 0 Å². The minimum atomic E-state index is -0.466. The third-order valence-corrected chi connectivity index (χ3v) is 3.75. The van der Waals surface area contributed by atoms with Gasteiger partial charge in [0, 0.05) is 31.9 Å². The monoisotopic (exact) mass is 291 g/mol. The van der Waals surface area contributed by atoms with Gasteiger partial charge in [-0.15, -0.1) is 0 Å². The van der Waals surface area contributed by atoms with Crippen LogP contribution in [0.2, 0.25) is 0 Å². The van der Waals surface area contributed by atoms with Crippen molar-refractivity contribution < 1.29 is 9.53 Å². The number of hydrogen-bond acceptors (Lipinski definition) is 4. The average molecular weight is 291 g/mol. The third kappa shape index (κ3) is 4.52. The van der Waals surface area contributed by atoms with Crippen molar-refractivity contribution in [3.05, 3.63) is 30.3 Å². The lowest BCUT2D eigenvalue weighted by Gasteiger charge is -2.37. The molecule has 3 N–H and O–H groups in total. The van der Waals surface area contributed by atoms with Crippen molar-refractivity contribution in [2.24, 2.45) is 11.1 Å². The van der Waals surface area contributed by atoms with E-state index in [1.807, 2.05) is 44.2 Å². The average Bonchev–Trinajstić information content (AvgIpc) is 2.48. The second-order valence-corrected chi connectivity index (χ2v) is 6.17. The number of nitrogens with zero attached hydrogens (tertiary/aromatic N) is 1. The highest BCUT2D eigenvalue weighted by Crippen LogP contribution is 2.21. The van der Waals surface area contributed by atoms with Crippen molar-refractivity contribution in [1.82, 2.24) is 4.90 Å². The van der Waals surface area contributed by atoms with E-state index in [0.29, 0.717) is 19.7 Å². The number of para-hydroxylation sites is 1. The van der Waals surface area contributed by atoms with E-state index < -0.39 is 5.41 Å². The highest BCUT2D eigenvalue weighted by atomic mass is 16.5. The molecule has 5 nitrogen and oxygen atoms in total. The zero-order valence-corrected chi connectivity index (χ0v) is 12.8. The molecule has 0 aliphatic carbocycles. The molecule has 1 amide bonds. The number of benzene rings is 1. The number of ether oxygens (including phenoxy) is 1. The molecule has 1 fully saturated rings. The van der Waals surface area contributed by atoms with Crippen LogP contribution < -0.4 is 11.1 Å². The highest BCUT2D eigenvalue weighted by Gasteiger charge is 2.32. The van der Waals surface area contributed by atoms with Gasteiger partial charge in [-0.3, -0.25) is 9.69 Å². The summed E-state index contributed by atoms with van der Waals surface area (Å²) in [4.78, 5) is 14.7. The van der Waals surface area contributed by atoms with Gasteiger partial charge in [0.15, 0.2) is 0 Å². The standard InChI is InChI=1S/C16H25N3O2/c1-16(2,12-19-8-9-21-14(10-17)11-19)15(20)18-13-6-4-3-5-7-13/h3-7,14H,8-12,17H2,1-2H3,(H,18,20). The topological polar surface area (TPSA) is 67.6 Å². The molecule has 1 aromatic carbocycles. The molecule has 1 aliphatic rings. The molecule has 21 heavy (non-hydrogen) atoms. The molecule has 0 spiro atoms. The van der Waals surface area contributed by atoms with Crippen molar-refractivity contribution in [1.29, 1.82) is 0 Å². The van der Waals surface area contributed by atoms with Gasteiger partial charge in [0.1, 0.15) is 0 Å². The van der Waals surface area contributed by atoms with Crippen molar-refractivity contribution in [3.8, 4) is 0 Å². The lowest BCUT2D eigenvalue weighted by Crippen LogP contribution is -2.50. The van der Waals surface area contributed by atoms with E-state index in [-0.39, 0.29) is 12.0 Å². The number of anilines is 1. The maximum atomic E-state index is 12.5. The molecule has 5 heteroatoms. The minimum Gasteiger partial charge on any atom is -0.374 e. The van der Waals surface area contributed by atoms with Gasteiger partial charge in [-0.05, 0) is 26.0 Å². The molecule has 0 radical (unpaired) electrons. The maximum Gasteiger partial charge on any atom is 0.231 e. The first kappa shape index (κ1) is 15.9. The van der Waals surface area contributed by atoms with E-state index in [0.717, 1.165) is 18.8 Å². The zero-order valence-electron chi connectivity index (χ0n) is 12.8. The van der Waals surface area contributed by atoms with Crippen molar-refractivity contribution in [2.45, 2.75) is 20.0 Å². The predicted molar refractivity (Wildman–Crippen MR) is 84.1 cm³/mol. The summed E-state index contributed by atoms with van der Waals surface area (Å²) >= 11 is 0. The van der Waals surface area contributed by atoms with Gasteiger partial charge in [0.25, 0.3) is 0 Å². The lowest BCUT2D eigenvalue weighted by atomic mass is 9.91. The Bertz CT molecular complexity index is 462. The van der Waals surface area contributed by atoms with Crippen LogP contribution in [0, 0.1) is 5.41 Å². The molecule has 0 aromatic heterocycles. The molecule has 1 aromatic rings. The summed E-state index contributed by atoms with van der Waals surface area (Å²) in [7, 11) is 0. The summed E-state index contributed by atoms with van der Waals surface area (Å²) in [6, 6.07) is 9.55. The molecule has 1 saturated heterocycles. The second kappa shape index (κ2) is 7.02. The highest BCUT2D eigenvalue weighted by molar-refractivity contribution is 5.94. The first-order valence-electron chi connectivity index (χ1n) is 7.42. The van der Waals surface area contributed by atoms with E-state index in [2.05, 4.69) is 10.2 Å². The summed E-state index contributed by atoms with van der Waals surface area (Å²) < 4.78 is 5.56. The summed E-state index contributed by atoms with van der Waals surface area (Å²) in [5.74, 6) is 0.0319. The fourth-order valence-electron chi connectivity index (χ4n) is 2.52. The minimum absolute atomic E-state index is 0.0319. The number of nitrogens with two attached hydrogens (primary N) is 1. The molecule has 1 atom stereocenters. The van der Waals surface area contributed by atoms with Crippen molar-refractivity contribution >= 4 is 11.6 Å². The van der Waals surface area contributed by atoms with Gasteiger partial charge in [-0.1, -0.05) is 18.2 Å². The fraction of sp³-hybridized carbons (Fsp3) is 0.562. The summed E-state index contributed by atoms with van der Waals surface area (Å²) in [6.45, 7) is 7.48. The van der Waals surface area contributed by atoms with Gasteiger partial charge in [0.05, 0.1) is 18.1 Å². The molecule has 1 heterocycles. The van der Waals surface area contributed by atoms with Gasteiger partial charge < -0.3 is 15.8 Å². The van der Waals surface area contributed by atoms with E-state index in [9.17, 15) is 4.79 Å². The number of carbonyl (C=O) groups is 1. The van der Waals surface area contributed by atoms with E-state index in [1.54, 1.807) is 0 Å². The first-order chi connectivity index (χ1) is 10.0. The van der Waals surface area contributed by atoms with Crippen LogP contribution in [0.4, 0.5) is 5.69 Å². The van der Waals surface area contributed by atoms with Crippen LogP contribution in [-0.4, -0.2) is 49.7 Å². The summed E-state index contributed by atoms with van der Waals surface area (Å²) in [6.07, 6.45) is 0.0757. The summed E-state index contributed by atoms with van der Waals surface area (Å²) in [5, 5.41) is 2.98. The van der Waals surface area contributed by atoms with E-state index >= 15 is 0 Å². The number of hydrogen-bond donors (Lipinski definition) is 2. The van der Waals surface area contributed by atoms with Gasteiger partial charge in [-0.2, -0.15) is 0 Å². The second-order valence-electron chi connectivity index (χ2n) is 6.17. The number of rotatable bonds is 5. The molecule has 2 rings (SSSR count). The predicted octanol–water partition coefficient (Wildman–Crippen LogP) is 1.31. The Morgan fingerprint density at radius 1 is 1.43 bits per heavy atom. The quantitative estimate of drug-likeness (QED) is 0.858. The number of carbonyl (C=O) groups excluding carboxylic acids is 1. The van der Waals surface area contributed by atoms with Crippen LogP contribution in [0.15, 0.2) is 30.3 Å². The molecule has 0 saturated carbocycles. The Morgan fingerprint density at radius 2 is 2.14 bits per heavy atom. The maximum absolute atomic E-state index is 12.5. The fourth-order valence-corrected chi connectivity index (χ4v) is 2.52. The van der Waals surface area contributed by atoms with Gasteiger partial charge in [0.2, 0.25) is 5.91 Å². The largest absolute Gasteiger partial charge is 0.374 e. The van der Waals surface area contributed by atoms with Gasteiger partial charge in [-0.25, -0.2) is 0 Å². The Morgan fingerprint density at radius 3 is 2.81 bits per heavy atom. The van der Waals surface area contributed by atoms with Crippen LogP contribution in [0.25, 0.3) is 0 Å². The Hall–Kier alpha value is -1.43. The smallest absolute Gasteiger partial charge is 0.231 e. The number of morpholine rings is 1. The van der Waals surface area contributed by atoms with Crippen LogP contribution >= 0.6 is 0 Å².